The fourth-order valence-corrected chi connectivity index (χ4v) is 3.75. The van der Waals surface area contributed by atoms with E-state index in [0.717, 1.165) is 25.7 Å². The summed E-state index contributed by atoms with van der Waals surface area (Å²) in [6.45, 7) is 0. The van der Waals surface area contributed by atoms with Gasteiger partial charge in [-0.1, -0.05) is 12.8 Å². The number of hydrogen-bond acceptors (Lipinski definition) is 4. The first-order chi connectivity index (χ1) is 9.31. The van der Waals surface area contributed by atoms with E-state index >= 15 is 0 Å². The fourth-order valence-electron chi connectivity index (χ4n) is 3.75. The Morgan fingerprint density at radius 2 is 1.26 bits per heavy atom. The van der Waals surface area contributed by atoms with Crippen LogP contribution in [-0.4, -0.2) is 12.2 Å². The van der Waals surface area contributed by atoms with Crippen LogP contribution in [0.2, 0.25) is 0 Å². The van der Waals surface area contributed by atoms with Gasteiger partial charge in [-0.05, 0) is 56.8 Å². The molecule has 0 radical (unpaired) electrons. The van der Waals surface area contributed by atoms with Gasteiger partial charge in [0.05, 0.1) is 0 Å². The predicted molar refractivity (Wildman–Crippen MR) is 69.5 cm³/mol. The normalized spacial score (nSPS) is 34.8. The Kier molecular flexibility index (Phi) is 5.33. The summed E-state index contributed by atoms with van der Waals surface area (Å²) in [5.74, 6) is 1.36. The van der Waals surface area contributed by atoms with Gasteiger partial charge in [-0.2, -0.15) is 10.5 Å². The standard InChI is InChI=1S/C15H22N2O2/c16-10-18-14-5-1-3-12(8-14)7-13-4-2-6-15(9-13)19-11-17/h12-15H,1-9H2. The van der Waals surface area contributed by atoms with E-state index in [0.29, 0.717) is 11.8 Å². The molecule has 0 saturated heterocycles. The van der Waals surface area contributed by atoms with Crippen LogP contribution in [0.3, 0.4) is 0 Å². The lowest BCUT2D eigenvalue weighted by atomic mass is 9.76. The van der Waals surface area contributed by atoms with Crippen LogP contribution in [0.1, 0.15) is 57.8 Å². The average Bonchev–Trinajstić information content (AvgIpc) is 2.40. The molecule has 2 saturated carbocycles. The van der Waals surface area contributed by atoms with Crippen LogP contribution in [0, 0.1) is 34.9 Å². The van der Waals surface area contributed by atoms with E-state index in [9.17, 15) is 0 Å². The van der Waals surface area contributed by atoms with E-state index in [4.69, 9.17) is 20.0 Å². The van der Waals surface area contributed by atoms with Gasteiger partial charge in [-0.3, -0.25) is 0 Å². The van der Waals surface area contributed by atoms with Gasteiger partial charge in [0.2, 0.25) is 0 Å². The topological polar surface area (TPSA) is 66.0 Å². The van der Waals surface area contributed by atoms with Gasteiger partial charge in [-0.15, -0.1) is 0 Å². The number of rotatable bonds is 4. The Morgan fingerprint density at radius 3 is 1.68 bits per heavy atom. The van der Waals surface area contributed by atoms with Crippen molar-refractivity contribution in [2.45, 2.75) is 70.0 Å². The van der Waals surface area contributed by atoms with Crippen molar-refractivity contribution in [1.82, 2.24) is 0 Å². The summed E-state index contributed by atoms with van der Waals surface area (Å²) in [6, 6.07) is 0. The first-order valence-corrected chi connectivity index (χ1v) is 7.41. The number of ether oxygens (including phenoxy) is 2. The third-order valence-electron chi connectivity index (χ3n) is 4.57. The molecule has 2 aliphatic carbocycles. The number of nitriles is 2. The number of hydrogen-bond donors (Lipinski definition) is 0. The van der Waals surface area contributed by atoms with E-state index in [1.165, 1.54) is 32.1 Å². The smallest absolute Gasteiger partial charge is 0.286 e. The maximum atomic E-state index is 8.60. The first kappa shape index (κ1) is 14.0. The molecular formula is C15H22N2O2. The van der Waals surface area contributed by atoms with Crippen LogP contribution in [0.25, 0.3) is 0 Å². The lowest BCUT2D eigenvalue weighted by Crippen LogP contribution is -2.27. The molecule has 0 amide bonds. The lowest BCUT2D eigenvalue weighted by Gasteiger charge is -2.33. The molecule has 0 heterocycles. The van der Waals surface area contributed by atoms with Crippen molar-refractivity contribution in [3.63, 3.8) is 0 Å². The van der Waals surface area contributed by atoms with E-state index in [2.05, 4.69) is 0 Å². The highest BCUT2D eigenvalue weighted by atomic mass is 16.5. The zero-order chi connectivity index (χ0) is 13.5. The third kappa shape index (κ3) is 4.31. The van der Waals surface area contributed by atoms with Gasteiger partial charge in [0.15, 0.2) is 0 Å². The Hall–Kier alpha value is -1.42. The molecule has 2 aliphatic rings. The Balaban J connectivity index is 1.77. The summed E-state index contributed by atoms with van der Waals surface area (Å²) < 4.78 is 10.2. The molecule has 4 atom stereocenters. The minimum atomic E-state index is 0.137. The van der Waals surface area contributed by atoms with Crippen molar-refractivity contribution in [3.8, 4) is 12.5 Å². The molecule has 104 valence electrons. The van der Waals surface area contributed by atoms with E-state index in [1.807, 2.05) is 12.5 Å². The first-order valence-electron chi connectivity index (χ1n) is 7.41. The molecule has 2 fully saturated rings. The molecule has 0 aliphatic heterocycles. The monoisotopic (exact) mass is 262 g/mol. The van der Waals surface area contributed by atoms with Gasteiger partial charge >= 0.3 is 0 Å². The minimum Gasteiger partial charge on any atom is -0.424 e. The molecule has 19 heavy (non-hydrogen) atoms. The van der Waals surface area contributed by atoms with Crippen LogP contribution in [0.5, 0.6) is 0 Å². The second-order valence-electron chi connectivity index (χ2n) is 5.96. The maximum Gasteiger partial charge on any atom is 0.286 e. The molecule has 0 aromatic heterocycles. The quantitative estimate of drug-likeness (QED) is 0.727. The molecule has 0 aromatic rings. The highest BCUT2D eigenvalue weighted by molar-refractivity contribution is 4.81. The Labute approximate surface area is 115 Å². The summed E-state index contributed by atoms with van der Waals surface area (Å²) in [7, 11) is 0. The largest absolute Gasteiger partial charge is 0.424 e. The van der Waals surface area contributed by atoms with Gasteiger partial charge in [0, 0.05) is 0 Å². The Morgan fingerprint density at radius 1 is 0.789 bits per heavy atom. The highest BCUT2D eigenvalue weighted by Gasteiger charge is 2.29. The van der Waals surface area contributed by atoms with E-state index in [-0.39, 0.29) is 12.2 Å². The molecule has 4 unspecified atom stereocenters. The SMILES string of the molecule is N#COC1CCCC(CC2CCCC(OC#N)C2)C1. The van der Waals surface area contributed by atoms with E-state index < -0.39 is 0 Å². The molecule has 0 spiro atoms. The molecule has 0 aromatic carbocycles. The second-order valence-corrected chi connectivity index (χ2v) is 5.96. The summed E-state index contributed by atoms with van der Waals surface area (Å²) in [4.78, 5) is 0. The third-order valence-corrected chi connectivity index (χ3v) is 4.57. The van der Waals surface area contributed by atoms with Crippen LogP contribution in [-0.2, 0) is 9.47 Å². The van der Waals surface area contributed by atoms with Gasteiger partial charge in [-0.25, -0.2) is 0 Å². The van der Waals surface area contributed by atoms with E-state index in [1.54, 1.807) is 0 Å². The summed E-state index contributed by atoms with van der Waals surface area (Å²) >= 11 is 0. The van der Waals surface area contributed by atoms with Gasteiger partial charge < -0.3 is 9.47 Å². The van der Waals surface area contributed by atoms with Crippen molar-refractivity contribution in [2.75, 3.05) is 0 Å². The Bertz CT molecular complexity index is 324. The summed E-state index contributed by atoms with van der Waals surface area (Å²) in [5.41, 5.74) is 0. The summed E-state index contributed by atoms with van der Waals surface area (Å²) in [6.07, 6.45) is 14.1. The van der Waals surface area contributed by atoms with Crippen LogP contribution >= 0.6 is 0 Å². The molecule has 0 N–H and O–H groups in total. The fraction of sp³-hybridized carbons (Fsp3) is 0.867. The van der Waals surface area contributed by atoms with Crippen LogP contribution in [0.15, 0.2) is 0 Å². The second kappa shape index (κ2) is 7.24. The highest BCUT2D eigenvalue weighted by Crippen LogP contribution is 2.36. The molecule has 0 bridgehead atoms. The molecular weight excluding hydrogens is 240 g/mol. The minimum absolute atomic E-state index is 0.137. The van der Waals surface area contributed by atoms with Crippen LogP contribution < -0.4 is 0 Å². The average molecular weight is 262 g/mol. The molecule has 4 nitrogen and oxygen atoms in total. The van der Waals surface area contributed by atoms with Crippen molar-refractivity contribution in [3.05, 3.63) is 0 Å². The zero-order valence-corrected chi connectivity index (χ0v) is 11.4. The van der Waals surface area contributed by atoms with Gasteiger partial charge in [0.1, 0.15) is 12.2 Å². The lowest BCUT2D eigenvalue weighted by molar-refractivity contribution is 0.0613. The summed E-state index contributed by atoms with van der Waals surface area (Å²) in [5, 5.41) is 17.2. The zero-order valence-electron chi connectivity index (χ0n) is 11.4. The van der Waals surface area contributed by atoms with Crippen molar-refractivity contribution in [1.29, 1.82) is 10.5 Å². The van der Waals surface area contributed by atoms with Crippen molar-refractivity contribution in [2.24, 2.45) is 11.8 Å². The maximum absolute atomic E-state index is 8.60. The number of nitrogens with zero attached hydrogens (tertiary/aromatic N) is 2. The van der Waals surface area contributed by atoms with Crippen molar-refractivity contribution < 1.29 is 9.47 Å². The van der Waals surface area contributed by atoms with Crippen LogP contribution in [0.4, 0.5) is 0 Å². The predicted octanol–water partition coefficient (Wildman–Crippen LogP) is 3.49. The van der Waals surface area contributed by atoms with Gasteiger partial charge in [0.25, 0.3) is 12.5 Å². The molecule has 4 heteroatoms. The van der Waals surface area contributed by atoms with Crippen molar-refractivity contribution >= 4 is 0 Å². The molecule has 2 rings (SSSR count).